The zero-order valence-corrected chi connectivity index (χ0v) is 39.9. The van der Waals surface area contributed by atoms with Crippen molar-refractivity contribution in [2.75, 3.05) is 16.5 Å². The predicted octanol–water partition coefficient (Wildman–Crippen LogP) is 16.5. The number of nitrogens with zero attached hydrogens (tertiary/aromatic N) is 5. The van der Waals surface area contributed by atoms with Gasteiger partial charge in [-0.3, -0.25) is 4.57 Å². The average molecular weight is 881 g/mol. The molecule has 7 aromatic carbocycles. The van der Waals surface area contributed by atoms with Gasteiger partial charge < -0.3 is 19.1 Å². The van der Waals surface area contributed by atoms with Gasteiger partial charge in [0.1, 0.15) is 24.0 Å². The fourth-order valence-electron chi connectivity index (χ4n) is 9.88. The summed E-state index contributed by atoms with van der Waals surface area (Å²) < 4.78 is 37.5. The van der Waals surface area contributed by atoms with Crippen molar-refractivity contribution in [1.82, 2.24) is 14.1 Å². The molecular weight excluding hydrogens is 819 g/mol. The number of rotatable bonds is 6. The molecule has 0 spiro atoms. The molecule has 4 heterocycles. The lowest BCUT2D eigenvalue weighted by Crippen LogP contribution is -2.25. The SMILES string of the molecule is [2H]C([2H])([2H])c1cccc2c1N(c1cc(C(C)(C)C)cc(C(C)(C)C)c1)CN2c1cccc(Oc2ccc3c4cc(-n5c6ccccc6c6ccccc65)ccc4n(-c4cc(C(C)(C)C)ccn4)c3c2)c1. The van der Waals surface area contributed by atoms with E-state index >= 15 is 0 Å². The Morgan fingerprint density at radius 3 is 1.79 bits per heavy atom. The molecule has 0 unspecified atom stereocenters. The van der Waals surface area contributed by atoms with Gasteiger partial charge in [0.15, 0.2) is 0 Å². The Morgan fingerprint density at radius 2 is 1.10 bits per heavy atom. The normalized spacial score (nSPS) is 14.3. The smallest absolute Gasteiger partial charge is 0.137 e. The molecule has 10 aromatic rings. The first-order valence-electron chi connectivity index (χ1n) is 24.9. The quantitative estimate of drug-likeness (QED) is 0.167. The number of aryl methyl sites for hydroxylation is 1. The number of hydrogen-bond acceptors (Lipinski definition) is 4. The van der Waals surface area contributed by atoms with Crippen molar-refractivity contribution in [3.8, 4) is 23.0 Å². The number of anilines is 4. The summed E-state index contributed by atoms with van der Waals surface area (Å²) >= 11 is 0. The van der Waals surface area contributed by atoms with Gasteiger partial charge in [-0.15, -0.1) is 0 Å². The molecule has 67 heavy (non-hydrogen) atoms. The molecule has 0 N–H and O–H groups in total. The van der Waals surface area contributed by atoms with Crippen LogP contribution in [-0.4, -0.2) is 20.8 Å². The molecular formula is C61H59N5O. The van der Waals surface area contributed by atoms with Crippen molar-refractivity contribution >= 4 is 66.4 Å². The van der Waals surface area contributed by atoms with Crippen LogP contribution in [0.4, 0.5) is 22.7 Å². The molecule has 11 rings (SSSR count). The topological polar surface area (TPSA) is 38.5 Å². The summed E-state index contributed by atoms with van der Waals surface area (Å²) in [5.41, 5.74) is 12.5. The van der Waals surface area contributed by atoms with E-state index in [0.29, 0.717) is 29.4 Å². The molecule has 334 valence electrons. The largest absolute Gasteiger partial charge is 0.457 e. The number of pyridine rings is 1. The van der Waals surface area contributed by atoms with Crippen LogP contribution in [0.5, 0.6) is 11.5 Å². The molecule has 0 bridgehead atoms. The van der Waals surface area contributed by atoms with E-state index in [1.807, 2.05) is 36.5 Å². The van der Waals surface area contributed by atoms with Crippen LogP contribution < -0.4 is 14.5 Å². The summed E-state index contributed by atoms with van der Waals surface area (Å²) in [7, 11) is 0. The molecule has 0 aliphatic carbocycles. The van der Waals surface area contributed by atoms with Gasteiger partial charge in [-0.05, 0) is 130 Å². The summed E-state index contributed by atoms with van der Waals surface area (Å²) in [5.74, 6) is 2.19. The van der Waals surface area contributed by atoms with Gasteiger partial charge in [0.2, 0.25) is 0 Å². The highest BCUT2D eigenvalue weighted by Crippen LogP contribution is 2.48. The average Bonchev–Trinajstić information content (AvgIpc) is 3.98. The van der Waals surface area contributed by atoms with Crippen molar-refractivity contribution in [2.45, 2.75) is 85.4 Å². The van der Waals surface area contributed by atoms with Gasteiger partial charge in [-0.25, -0.2) is 4.98 Å². The Hall–Kier alpha value is -7.31. The number of aromatic nitrogens is 3. The first-order valence-corrected chi connectivity index (χ1v) is 23.4. The van der Waals surface area contributed by atoms with E-state index < -0.39 is 6.85 Å². The molecule has 0 saturated carbocycles. The number of ether oxygens (including phenoxy) is 1. The lowest BCUT2D eigenvalue weighted by atomic mass is 9.80. The lowest BCUT2D eigenvalue weighted by Gasteiger charge is -2.29. The molecule has 0 fully saturated rings. The van der Waals surface area contributed by atoms with Crippen molar-refractivity contribution in [3.05, 3.63) is 186 Å². The second kappa shape index (κ2) is 15.4. The maximum atomic E-state index is 8.67. The maximum absolute atomic E-state index is 8.67. The molecule has 6 nitrogen and oxygen atoms in total. The Morgan fingerprint density at radius 1 is 0.463 bits per heavy atom. The van der Waals surface area contributed by atoms with E-state index in [1.165, 1.54) is 27.5 Å². The van der Waals surface area contributed by atoms with Gasteiger partial charge in [-0.2, -0.15) is 0 Å². The summed E-state index contributed by atoms with van der Waals surface area (Å²) in [6.45, 7) is 18.2. The third-order valence-corrected chi connectivity index (χ3v) is 13.6. The minimum Gasteiger partial charge on any atom is -0.457 e. The Balaban J connectivity index is 1.02. The van der Waals surface area contributed by atoms with Gasteiger partial charge in [0, 0.05) is 61.0 Å². The zero-order chi connectivity index (χ0) is 49.1. The Bertz CT molecular complexity index is 3600. The van der Waals surface area contributed by atoms with E-state index in [-0.39, 0.29) is 16.2 Å². The standard InChI is InChI=1S/C61H59N5O/c1-39-17-15-24-55-58(39)64(45-32-41(60(5,6)7)31-42(33-45)61(8,9)10)38-63(55)43-18-16-19-46(35-43)67-47-26-27-50-51-36-44(65-52-22-13-11-20-48(52)49-21-12-14-23-53(49)65)25-28-54(51)66(56(50)37-47)57-34-40(29-30-62-57)59(2,3)4/h11-37H,38H2,1-10H3/i1D3. The highest BCUT2D eigenvalue weighted by Gasteiger charge is 2.32. The Labute approximate surface area is 398 Å². The first-order chi connectivity index (χ1) is 33.2. The molecule has 1 aliphatic rings. The van der Waals surface area contributed by atoms with Crippen molar-refractivity contribution in [2.24, 2.45) is 0 Å². The summed E-state index contributed by atoms with van der Waals surface area (Å²) in [4.78, 5) is 9.37. The highest BCUT2D eigenvalue weighted by molar-refractivity contribution is 6.12. The summed E-state index contributed by atoms with van der Waals surface area (Å²) in [5, 5.41) is 4.65. The third-order valence-electron chi connectivity index (χ3n) is 13.6. The van der Waals surface area contributed by atoms with Crippen molar-refractivity contribution in [1.29, 1.82) is 0 Å². The van der Waals surface area contributed by atoms with E-state index in [4.69, 9.17) is 13.8 Å². The number of benzene rings is 7. The first kappa shape index (κ1) is 38.9. The van der Waals surface area contributed by atoms with Crippen LogP contribution >= 0.6 is 0 Å². The minimum absolute atomic E-state index is 0.0769. The van der Waals surface area contributed by atoms with Gasteiger partial charge >= 0.3 is 0 Å². The number of hydrogen-bond donors (Lipinski definition) is 0. The van der Waals surface area contributed by atoms with E-state index in [1.54, 1.807) is 6.07 Å². The molecule has 3 aromatic heterocycles. The predicted molar refractivity (Wildman–Crippen MR) is 282 cm³/mol. The fourth-order valence-corrected chi connectivity index (χ4v) is 9.88. The Kier molecular flexibility index (Phi) is 8.93. The highest BCUT2D eigenvalue weighted by atomic mass is 16.5. The summed E-state index contributed by atoms with van der Waals surface area (Å²) in [6.07, 6.45) is 1.91. The minimum atomic E-state index is -2.32. The van der Waals surface area contributed by atoms with Gasteiger partial charge in [0.05, 0.1) is 33.4 Å². The van der Waals surface area contributed by atoms with Crippen LogP contribution in [0.25, 0.3) is 55.1 Å². The second-order valence-electron chi connectivity index (χ2n) is 21.3. The van der Waals surface area contributed by atoms with Crippen molar-refractivity contribution in [3.63, 3.8) is 0 Å². The monoisotopic (exact) mass is 880 g/mol. The molecule has 0 atom stereocenters. The van der Waals surface area contributed by atoms with Crippen LogP contribution in [0.1, 0.15) is 88.7 Å². The zero-order valence-electron chi connectivity index (χ0n) is 42.9. The van der Waals surface area contributed by atoms with Crippen LogP contribution in [0.15, 0.2) is 164 Å². The van der Waals surface area contributed by atoms with Gasteiger partial charge in [0.25, 0.3) is 0 Å². The van der Waals surface area contributed by atoms with Crippen LogP contribution in [0.2, 0.25) is 0 Å². The molecule has 0 amide bonds. The van der Waals surface area contributed by atoms with Crippen molar-refractivity contribution < 1.29 is 8.85 Å². The van der Waals surface area contributed by atoms with E-state index in [2.05, 4.69) is 203 Å². The number of fused-ring (bicyclic) bond motifs is 7. The van der Waals surface area contributed by atoms with Crippen LogP contribution in [0, 0.1) is 6.85 Å². The van der Waals surface area contributed by atoms with E-state index in [0.717, 1.165) is 61.4 Å². The number of para-hydroxylation sites is 3. The third kappa shape index (κ3) is 7.30. The maximum Gasteiger partial charge on any atom is 0.137 e. The fraction of sp³-hybridized carbons (Fsp3) is 0.230. The van der Waals surface area contributed by atoms with Crippen LogP contribution in [-0.2, 0) is 16.2 Å². The molecule has 1 aliphatic heterocycles. The molecule has 0 saturated heterocycles. The van der Waals surface area contributed by atoms with Crippen LogP contribution in [0.3, 0.4) is 0 Å². The summed E-state index contributed by atoms with van der Waals surface area (Å²) in [6, 6.07) is 55.1. The second-order valence-corrected chi connectivity index (χ2v) is 21.3. The van der Waals surface area contributed by atoms with E-state index in [9.17, 15) is 0 Å². The van der Waals surface area contributed by atoms with Gasteiger partial charge in [-0.1, -0.05) is 123 Å². The molecule has 6 heteroatoms. The molecule has 0 radical (unpaired) electrons. The lowest BCUT2D eigenvalue weighted by molar-refractivity contribution is 0.483.